The van der Waals surface area contributed by atoms with Crippen molar-refractivity contribution < 1.29 is 0 Å². The van der Waals surface area contributed by atoms with E-state index in [0.29, 0.717) is 23.7 Å². The quantitative estimate of drug-likeness (QED) is 0.0900. The monoisotopic (exact) mass is 1150 g/mol. The lowest BCUT2D eigenvalue weighted by Crippen LogP contribution is -2.16. The lowest BCUT2D eigenvalue weighted by Gasteiger charge is -2.32. The summed E-state index contributed by atoms with van der Waals surface area (Å²) in [5.41, 5.74) is 25.9. The predicted octanol–water partition coefficient (Wildman–Crippen LogP) is 23.4. The van der Waals surface area contributed by atoms with E-state index in [-0.39, 0.29) is 0 Å². The van der Waals surface area contributed by atoms with Gasteiger partial charge < -0.3 is 27.7 Å². The Morgan fingerprint density at radius 2 is 0.570 bits per heavy atom. The Balaban J connectivity index is 1.11. The lowest BCUT2D eigenvalue weighted by atomic mass is 9.96. The molecule has 0 saturated heterocycles. The van der Waals surface area contributed by atoms with Crippen molar-refractivity contribution >= 4 is 131 Å². The molecule has 0 spiro atoms. The number of nitrogens with zero attached hydrogens (tertiary/aromatic N) is 6. The van der Waals surface area contributed by atoms with E-state index in [1.54, 1.807) is 0 Å². The van der Waals surface area contributed by atoms with Crippen LogP contribution in [0.1, 0.15) is 101 Å². The summed E-state index contributed by atoms with van der Waals surface area (Å²) >= 11 is 3.79. The molecule has 0 aliphatic heterocycles. The highest BCUT2D eigenvalue weighted by Crippen LogP contribution is 2.50. The van der Waals surface area contributed by atoms with Crippen LogP contribution in [0.4, 0.5) is 34.1 Å². The summed E-state index contributed by atoms with van der Waals surface area (Å²) in [6, 6.07) is 90.9. The number of hydrogen-bond acceptors (Lipinski definition) is 4. The predicted molar refractivity (Wildman–Crippen MR) is 371 cm³/mol. The van der Waals surface area contributed by atoms with Crippen LogP contribution >= 0.6 is 22.7 Å². The zero-order valence-electron chi connectivity index (χ0n) is 49.9. The zero-order valence-corrected chi connectivity index (χ0v) is 51.5. The molecular weight excluding hydrogens is 1090 g/mol. The van der Waals surface area contributed by atoms with Crippen LogP contribution in [0, 0.1) is 0 Å². The van der Waals surface area contributed by atoms with Crippen LogP contribution < -0.4 is 9.80 Å². The molecule has 0 saturated carbocycles. The molecule has 11 aromatic carbocycles. The molecule has 0 N–H and O–H groups in total. The second-order valence-electron chi connectivity index (χ2n) is 24.1. The second kappa shape index (κ2) is 21.3. The van der Waals surface area contributed by atoms with Crippen molar-refractivity contribution in [3.05, 3.63) is 265 Å². The average Bonchev–Trinajstić information content (AvgIpc) is 0.731. The summed E-state index contributed by atoms with van der Waals surface area (Å²) in [6.07, 6.45) is 0. The summed E-state index contributed by atoms with van der Waals surface area (Å²) < 4.78 is 15.0. The molecule has 0 atom stereocenters. The van der Waals surface area contributed by atoms with Gasteiger partial charge in [0, 0.05) is 45.5 Å². The Morgan fingerprint density at radius 3 is 0.907 bits per heavy atom. The SMILES string of the molecule is CC(C)c1ccccc1N(c1cc2sc3cc4sc5cc(N(c6ccccc6C(C)C)c6ccccc6C(C)C)cc6c5n(c4cc3n3c4ccccc4n(-c4ccccc4)c(c1)c23)c1ccccc1n6-c1ccccc1)c1ccccc1C(C)C. The van der Waals surface area contributed by atoms with Gasteiger partial charge in [0.2, 0.25) is 0 Å². The maximum atomic E-state index is 2.58. The molecule has 6 nitrogen and oxygen atoms in total. The van der Waals surface area contributed by atoms with Gasteiger partial charge in [0.1, 0.15) is 0 Å². The van der Waals surface area contributed by atoms with Crippen LogP contribution in [-0.2, 0) is 0 Å². The van der Waals surface area contributed by atoms with Crippen molar-refractivity contribution in [2.45, 2.75) is 79.1 Å². The van der Waals surface area contributed by atoms with Gasteiger partial charge in [-0.05, 0) is 155 Å². The van der Waals surface area contributed by atoms with E-state index < -0.39 is 0 Å². The van der Waals surface area contributed by atoms with E-state index in [1.807, 2.05) is 22.7 Å². The molecular formula is C78H68N6S2. The first-order chi connectivity index (χ1) is 42.0. The molecule has 0 amide bonds. The molecule has 15 aromatic rings. The first-order valence-corrected chi connectivity index (χ1v) is 32.0. The summed E-state index contributed by atoms with van der Waals surface area (Å²) in [5.74, 6) is 1.18. The standard InChI is InChI=1S/C78H68N6S2/c1-49(2)57-31-15-19-35-61(57)81(62-36-20-16-32-58(62)50(3)4)55-43-71-77-75(45-55)85-73-48-74-70(47-69(73)83(77)67-41-25-23-39-65(67)79(71)53-27-11-9-12-28-53)84-68-42-26-24-40-66(68)80(54-29-13-10-14-30-54)72-44-56(46-76(86-74)78(72)84)82(63-37-21-17-33-59(63)51(5)6)64-38-22-18-34-60(64)52(7)8/h9-52H,1-8H3. The van der Waals surface area contributed by atoms with Gasteiger partial charge in [0.15, 0.2) is 0 Å². The van der Waals surface area contributed by atoms with Gasteiger partial charge in [0.25, 0.3) is 0 Å². The maximum Gasteiger partial charge on any atom is 0.0879 e. The number of benzene rings is 11. The lowest BCUT2D eigenvalue weighted by molar-refractivity contribution is 0.854. The highest BCUT2D eigenvalue weighted by molar-refractivity contribution is 7.26. The van der Waals surface area contributed by atoms with Crippen LogP contribution in [0.25, 0.3) is 85.3 Å². The van der Waals surface area contributed by atoms with E-state index in [4.69, 9.17) is 0 Å². The van der Waals surface area contributed by atoms with Gasteiger partial charge >= 0.3 is 0 Å². The second-order valence-corrected chi connectivity index (χ2v) is 26.3. The van der Waals surface area contributed by atoms with E-state index in [2.05, 4.69) is 326 Å². The van der Waals surface area contributed by atoms with E-state index >= 15 is 0 Å². The van der Waals surface area contributed by atoms with Crippen LogP contribution in [0.3, 0.4) is 0 Å². The first kappa shape index (κ1) is 53.4. The number of anilines is 6. The number of para-hydroxylation sites is 10. The van der Waals surface area contributed by atoms with Crippen molar-refractivity contribution in [3.63, 3.8) is 0 Å². The first-order valence-electron chi connectivity index (χ1n) is 30.4. The molecule has 0 aliphatic rings. The van der Waals surface area contributed by atoms with Gasteiger partial charge in [-0.3, -0.25) is 0 Å². The third-order valence-corrected chi connectivity index (χ3v) is 19.6. The van der Waals surface area contributed by atoms with E-state index in [0.717, 1.165) is 66.9 Å². The maximum absolute atomic E-state index is 2.58. The molecule has 8 heteroatoms. The fraction of sp³-hybridized carbons (Fsp3) is 0.154. The molecule has 422 valence electrons. The topological polar surface area (TPSA) is 25.2 Å². The molecule has 0 unspecified atom stereocenters. The van der Waals surface area contributed by atoms with Crippen molar-refractivity contribution in [2.75, 3.05) is 9.80 Å². The largest absolute Gasteiger partial charge is 0.310 e. The minimum absolute atomic E-state index is 0.296. The van der Waals surface area contributed by atoms with Crippen LogP contribution in [0.5, 0.6) is 0 Å². The highest BCUT2D eigenvalue weighted by atomic mass is 32.1. The van der Waals surface area contributed by atoms with Gasteiger partial charge in [-0.15, -0.1) is 22.7 Å². The molecule has 4 aromatic heterocycles. The van der Waals surface area contributed by atoms with Gasteiger partial charge in [0.05, 0.1) is 74.0 Å². The zero-order chi connectivity index (χ0) is 58.5. The van der Waals surface area contributed by atoms with Crippen LogP contribution in [0.15, 0.2) is 243 Å². The van der Waals surface area contributed by atoms with Crippen LogP contribution in [-0.4, -0.2) is 17.9 Å². The smallest absolute Gasteiger partial charge is 0.0879 e. The van der Waals surface area contributed by atoms with Crippen molar-refractivity contribution in [1.82, 2.24) is 17.9 Å². The number of aromatic nitrogens is 4. The van der Waals surface area contributed by atoms with Crippen LogP contribution in [0.2, 0.25) is 0 Å². The summed E-state index contributed by atoms with van der Waals surface area (Å²) in [6.45, 7) is 18.5. The van der Waals surface area contributed by atoms with E-state index in [9.17, 15) is 0 Å². The molecule has 86 heavy (non-hydrogen) atoms. The number of hydrogen-bond donors (Lipinski definition) is 0. The van der Waals surface area contributed by atoms with Crippen molar-refractivity contribution in [1.29, 1.82) is 0 Å². The molecule has 0 bridgehead atoms. The Kier molecular flexibility index (Phi) is 13.2. The molecule has 4 heterocycles. The van der Waals surface area contributed by atoms with Gasteiger partial charge in [-0.25, -0.2) is 0 Å². The Labute approximate surface area is 510 Å². The average molecular weight is 1150 g/mol. The summed E-state index contributed by atoms with van der Waals surface area (Å²) in [5, 5.41) is 0. The molecule has 15 rings (SSSR count). The molecule has 0 fully saturated rings. The Hall–Kier alpha value is -9.34. The molecule has 0 aliphatic carbocycles. The Bertz CT molecular complexity index is 4730. The van der Waals surface area contributed by atoms with Gasteiger partial charge in [-0.1, -0.05) is 189 Å². The normalized spacial score (nSPS) is 12.1. The van der Waals surface area contributed by atoms with Gasteiger partial charge in [-0.2, -0.15) is 0 Å². The molecule has 0 radical (unpaired) electrons. The third kappa shape index (κ3) is 8.63. The highest BCUT2D eigenvalue weighted by Gasteiger charge is 2.28. The summed E-state index contributed by atoms with van der Waals surface area (Å²) in [7, 11) is 0. The van der Waals surface area contributed by atoms with Crippen molar-refractivity contribution in [3.8, 4) is 11.4 Å². The third-order valence-electron chi connectivity index (χ3n) is 17.4. The Morgan fingerprint density at radius 1 is 0.267 bits per heavy atom. The fourth-order valence-electron chi connectivity index (χ4n) is 13.6. The fourth-order valence-corrected chi connectivity index (χ4v) is 15.9. The van der Waals surface area contributed by atoms with Crippen molar-refractivity contribution in [2.24, 2.45) is 0 Å². The number of rotatable bonds is 12. The minimum Gasteiger partial charge on any atom is -0.310 e. The minimum atomic E-state index is 0.296. The number of fused-ring (bicyclic) bond motifs is 8. The summed E-state index contributed by atoms with van der Waals surface area (Å²) in [4.78, 5) is 5.10. The van der Waals surface area contributed by atoms with E-state index in [1.165, 1.54) is 74.8 Å².